The van der Waals surface area contributed by atoms with Crippen molar-refractivity contribution in [2.75, 3.05) is 11.9 Å². The van der Waals surface area contributed by atoms with Crippen molar-refractivity contribution in [3.8, 4) is 0 Å². The normalized spacial score (nSPS) is 21.9. The first-order valence-corrected chi connectivity index (χ1v) is 8.14. The van der Waals surface area contributed by atoms with Crippen LogP contribution in [0.4, 0.5) is 5.95 Å². The summed E-state index contributed by atoms with van der Waals surface area (Å²) in [7, 11) is 0. The average molecular weight is 279 g/mol. The zero-order valence-corrected chi connectivity index (χ0v) is 13.2. The molecule has 1 atom stereocenters. The number of anilines is 1. The maximum atomic E-state index is 6.04. The quantitative estimate of drug-likeness (QED) is 0.824. The number of hydrogen-bond acceptors (Lipinski definition) is 3. The van der Waals surface area contributed by atoms with Crippen LogP contribution in [0.5, 0.6) is 0 Å². The molecule has 0 spiro atoms. The van der Waals surface area contributed by atoms with Crippen molar-refractivity contribution in [2.24, 2.45) is 0 Å². The van der Waals surface area contributed by atoms with Crippen molar-refractivity contribution >= 4 is 5.95 Å². The average Bonchev–Trinajstić information content (AvgIpc) is 2.92. The molecule has 114 valence electrons. The second-order valence-corrected chi connectivity index (χ2v) is 5.87. The lowest BCUT2D eigenvalue weighted by molar-refractivity contribution is -0.0865. The Labute approximate surface area is 122 Å². The van der Waals surface area contributed by atoms with Gasteiger partial charge in [-0.15, -0.1) is 0 Å². The van der Waals surface area contributed by atoms with Crippen LogP contribution >= 0.6 is 0 Å². The van der Waals surface area contributed by atoms with Gasteiger partial charge in [-0.05, 0) is 32.1 Å². The van der Waals surface area contributed by atoms with E-state index in [2.05, 4.69) is 41.8 Å². The van der Waals surface area contributed by atoms with Crippen LogP contribution in [0, 0.1) is 0 Å². The van der Waals surface area contributed by atoms with Crippen LogP contribution < -0.4 is 5.32 Å². The highest BCUT2D eigenvalue weighted by atomic mass is 16.5. The highest BCUT2D eigenvalue weighted by Gasteiger charge is 2.34. The molecular weight excluding hydrogens is 250 g/mol. The molecule has 0 bridgehead atoms. The first kappa shape index (κ1) is 15.4. The Morgan fingerprint density at radius 1 is 1.40 bits per heavy atom. The molecule has 0 amide bonds. The monoisotopic (exact) mass is 279 g/mol. The molecule has 2 rings (SSSR count). The van der Waals surface area contributed by atoms with E-state index in [4.69, 9.17) is 4.74 Å². The Hall–Kier alpha value is -1.03. The lowest BCUT2D eigenvalue weighted by Gasteiger charge is -2.40. The van der Waals surface area contributed by atoms with Crippen LogP contribution in [0.1, 0.15) is 59.3 Å². The lowest BCUT2D eigenvalue weighted by atomic mass is 9.86. The lowest BCUT2D eigenvalue weighted by Crippen LogP contribution is -2.44. The molecular formula is C16H29N3O. The van der Waals surface area contributed by atoms with Crippen molar-refractivity contribution in [1.29, 1.82) is 0 Å². The zero-order chi connectivity index (χ0) is 14.4. The maximum Gasteiger partial charge on any atom is 0.202 e. The Bertz CT molecular complexity index is 398. The number of hydrogen-bond donors (Lipinski definition) is 1. The van der Waals surface area contributed by atoms with Crippen LogP contribution in [0.3, 0.4) is 0 Å². The predicted octanol–water partition coefficient (Wildman–Crippen LogP) is 3.83. The highest BCUT2D eigenvalue weighted by molar-refractivity contribution is 5.28. The molecule has 0 aliphatic carbocycles. The molecule has 1 aliphatic heterocycles. The fraction of sp³-hybridized carbons (Fsp3) is 0.812. The molecule has 4 heteroatoms. The summed E-state index contributed by atoms with van der Waals surface area (Å²) in [5, 5.41) is 3.63. The topological polar surface area (TPSA) is 39.1 Å². The Kier molecular flexibility index (Phi) is 5.46. The van der Waals surface area contributed by atoms with Gasteiger partial charge in [0.1, 0.15) is 0 Å². The van der Waals surface area contributed by atoms with E-state index in [0.29, 0.717) is 6.04 Å². The molecule has 1 aromatic heterocycles. The molecule has 1 aromatic rings. The van der Waals surface area contributed by atoms with Gasteiger partial charge in [0, 0.05) is 31.6 Å². The summed E-state index contributed by atoms with van der Waals surface area (Å²) in [6.07, 6.45) is 10.7. The van der Waals surface area contributed by atoms with Crippen molar-refractivity contribution in [2.45, 2.75) is 77.5 Å². The fourth-order valence-electron chi connectivity index (χ4n) is 3.03. The fourth-order valence-corrected chi connectivity index (χ4v) is 3.03. The summed E-state index contributed by atoms with van der Waals surface area (Å²) in [5.41, 5.74) is 0.0662. The van der Waals surface area contributed by atoms with Gasteiger partial charge in [0.15, 0.2) is 0 Å². The van der Waals surface area contributed by atoms with Crippen LogP contribution in [-0.2, 0) is 11.3 Å². The Balaban J connectivity index is 1.97. The molecule has 0 aromatic carbocycles. The van der Waals surface area contributed by atoms with Gasteiger partial charge in [0.05, 0.1) is 5.60 Å². The minimum atomic E-state index is 0.0662. The number of nitrogens with one attached hydrogen (secondary N) is 1. The van der Waals surface area contributed by atoms with Crippen LogP contribution in [0.15, 0.2) is 12.4 Å². The summed E-state index contributed by atoms with van der Waals surface area (Å²) in [4.78, 5) is 4.47. The Morgan fingerprint density at radius 3 is 2.90 bits per heavy atom. The third kappa shape index (κ3) is 3.54. The molecule has 4 nitrogen and oxygen atoms in total. The number of aryl methyl sites for hydroxylation is 1. The van der Waals surface area contributed by atoms with E-state index in [9.17, 15) is 0 Å². The minimum Gasteiger partial charge on any atom is -0.375 e. The molecule has 1 unspecified atom stereocenters. The summed E-state index contributed by atoms with van der Waals surface area (Å²) < 4.78 is 8.28. The number of nitrogens with zero attached hydrogens (tertiary/aromatic N) is 2. The van der Waals surface area contributed by atoms with Crippen LogP contribution in [0.25, 0.3) is 0 Å². The summed E-state index contributed by atoms with van der Waals surface area (Å²) in [6, 6.07) is 0.478. The minimum absolute atomic E-state index is 0.0662. The van der Waals surface area contributed by atoms with E-state index in [0.717, 1.165) is 44.8 Å². The summed E-state index contributed by atoms with van der Waals surface area (Å²) in [5.74, 6) is 1.02. The van der Waals surface area contributed by atoms with E-state index in [1.807, 2.05) is 6.20 Å². The molecule has 0 saturated carbocycles. The van der Waals surface area contributed by atoms with Gasteiger partial charge in [0.2, 0.25) is 5.95 Å². The van der Waals surface area contributed by atoms with Crippen molar-refractivity contribution in [1.82, 2.24) is 9.55 Å². The maximum absolute atomic E-state index is 6.04. The first-order valence-electron chi connectivity index (χ1n) is 8.14. The Morgan fingerprint density at radius 2 is 2.20 bits per heavy atom. The van der Waals surface area contributed by atoms with Crippen molar-refractivity contribution < 1.29 is 4.74 Å². The zero-order valence-electron chi connectivity index (χ0n) is 13.2. The molecule has 0 radical (unpaired) electrons. The van der Waals surface area contributed by atoms with Gasteiger partial charge < -0.3 is 14.6 Å². The molecule has 1 N–H and O–H groups in total. The second-order valence-electron chi connectivity index (χ2n) is 5.87. The summed E-state index contributed by atoms with van der Waals surface area (Å²) in [6.45, 7) is 8.59. The van der Waals surface area contributed by atoms with Crippen molar-refractivity contribution in [3.05, 3.63) is 12.4 Å². The molecule has 2 heterocycles. The number of rotatable bonds is 7. The van der Waals surface area contributed by atoms with Crippen LogP contribution in [-0.4, -0.2) is 27.8 Å². The van der Waals surface area contributed by atoms with Crippen molar-refractivity contribution in [3.63, 3.8) is 0 Å². The summed E-state index contributed by atoms with van der Waals surface area (Å²) >= 11 is 0. The SMILES string of the molecule is CCCCn1ccnc1NC1CCOC(CC)(CC)C1. The standard InChI is InChI=1S/C16H29N3O/c1-4-7-10-19-11-9-17-15(19)18-14-8-12-20-16(5-2,6-3)13-14/h9,11,14H,4-8,10,12-13H2,1-3H3,(H,17,18). The largest absolute Gasteiger partial charge is 0.375 e. The number of imidazole rings is 1. The number of aromatic nitrogens is 2. The van der Waals surface area contributed by atoms with Gasteiger partial charge in [-0.3, -0.25) is 0 Å². The first-order chi connectivity index (χ1) is 9.73. The van der Waals surface area contributed by atoms with Gasteiger partial charge in [-0.2, -0.15) is 0 Å². The number of ether oxygens (including phenoxy) is 1. The van der Waals surface area contributed by atoms with E-state index in [-0.39, 0.29) is 5.60 Å². The third-order valence-electron chi connectivity index (χ3n) is 4.58. The molecule has 1 fully saturated rings. The van der Waals surface area contributed by atoms with Gasteiger partial charge in [0.25, 0.3) is 0 Å². The van der Waals surface area contributed by atoms with E-state index in [1.165, 1.54) is 12.8 Å². The van der Waals surface area contributed by atoms with E-state index in [1.54, 1.807) is 0 Å². The van der Waals surface area contributed by atoms with Gasteiger partial charge in [-0.25, -0.2) is 4.98 Å². The smallest absolute Gasteiger partial charge is 0.202 e. The van der Waals surface area contributed by atoms with Crippen LogP contribution in [0.2, 0.25) is 0 Å². The van der Waals surface area contributed by atoms with E-state index < -0.39 is 0 Å². The molecule has 1 saturated heterocycles. The predicted molar refractivity (Wildman–Crippen MR) is 83.0 cm³/mol. The van der Waals surface area contributed by atoms with E-state index >= 15 is 0 Å². The highest BCUT2D eigenvalue weighted by Crippen LogP contribution is 2.32. The third-order valence-corrected chi connectivity index (χ3v) is 4.58. The number of unbranched alkanes of at least 4 members (excludes halogenated alkanes) is 1. The molecule has 1 aliphatic rings. The van der Waals surface area contributed by atoms with Gasteiger partial charge >= 0.3 is 0 Å². The van der Waals surface area contributed by atoms with Gasteiger partial charge in [-0.1, -0.05) is 27.2 Å². The second kappa shape index (κ2) is 7.11. The molecule has 20 heavy (non-hydrogen) atoms.